The number of benzene rings is 2. The standard InChI is InChI=1S/2C18H14F3N3O6/c2*19-18(20,21)29-11-3-1-10(2-4-11)14-7-15(24-30-14)28-12-5-6-13(22-8-12)17(27)23-9-16(25)26/h2*1-6,8,14H,7,9H2,(H,23,27)(H,25,26)/t2*14-/m10/s1. The van der Waals surface area contributed by atoms with Crippen LogP contribution in [0.4, 0.5) is 26.3 Å². The first kappa shape index (κ1) is 43.5. The zero-order valence-corrected chi connectivity index (χ0v) is 30.1. The van der Waals surface area contributed by atoms with Crippen LogP contribution in [0.5, 0.6) is 23.0 Å². The van der Waals surface area contributed by atoms with Crippen LogP contribution in [0.2, 0.25) is 0 Å². The maximum atomic E-state index is 12.2. The fraction of sp³-hybridized carbons (Fsp3) is 0.222. The molecular formula is C36H28F6N6O12. The second-order valence-corrected chi connectivity index (χ2v) is 11.9. The van der Waals surface area contributed by atoms with Gasteiger partial charge in [0.1, 0.15) is 47.5 Å². The summed E-state index contributed by atoms with van der Waals surface area (Å²) in [4.78, 5) is 62.6. The lowest BCUT2D eigenvalue weighted by Gasteiger charge is -2.11. The van der Waals surface area contributed by atoms with Gasteiger partial charge < -0.3 is 49.5 Å². The Bertz CT molecular complexity index is 2050. The van der Waals surface area contributed by atoms with Gasteiger partial charge in [0.05, 0.1) is 25.2 Å². The van der Waals surface area contributed by atoms with Crippen molar-refractivity contribution in [3.63, 3.8) is 0 Å². The average Bonchev–Trinajstić information content (AvgIpc) is 3.86. The minimum Gasteiger partial charge on any atom is -0.480 e. The van der Waals surface area contributed by atoms with Crippen LogP contribution >= 0.6 is 0 Å². The van der Waals surface area contributed by atoms with Crippen molar-refractivity contribution in [3.05, 3.63) is 108 Å². The van der Waals surface area contributed by atoms with E-state index in [9.17, 15) is 45.5 Å². The number of alkyl halides is 6. The number of ether oxygens (including phenoxy) is 4. The maximum Gasteiger partial charge on any atom is 0.573 e. The van der Waals surface area contributed by atoms with Gasteiger partial charge in [-0.3, -0.25) is 19.2 Å². The fourth-order valence-corrected chi connectivity index (χ4v) is 4.87. The quantitative estimate of drug-likeness (QED) is 0.132. The third-order valence-corrected chi connectivity index (χ3v) is 7.46. The van der Waals surface area contributed by atoms with Crippen LogP contribution in [-0.4, -0.2) is 81.5 Å². The number of aromatic nitrogens is 2. The summed E-state index contributed by atoms with van der Waals surface area (Å²) < 4.78 is 91.9. The molecule has 0 saturated carbocycles. The molecule has 4 aromatic rings. The molecule has 2 aliphatic rings. The minimum atomic E-state index is -4.77. The molecule has 316 valence electrons. The van der Waals surface area contributed by atoms with Crippen molar-refractivity contribution >= 4 is 35.5 Å². The van der Waals surface area contributed by atoms with E-state index in [0.29, 0.717) is 11.1 Å². The number of carboxylic acids is 2. The Morgan fingerprint density at radius 1 is 0.583 bits per heavy atom. The number of carbonyl (C=O) groups excluding carboxylic acids is 2. The molecule has 60 heavy (non-hydrogen) atoms. The molecular weight excluding hydrogens is 822 g/mol. The van der Waals surface area contributed by atoms with E-state index in [-0.39, 0.29) is 59.0 Å². The number of nitrogens with one attached hydrogen (secondary N) is 2. The van der Waals surface area contributed by atoms with Crippen molar-refractivity contribution in [2.24, 2.45) is 10.3 Å². The topological polar surface area (TPSA) is 239 Å². The van der Waals surface area contributed by atoms with Crippen LogP contribution in [0.25, 0.3) is 0 Å². The van der Waals surface area contributed by atoms with E-state index in [1.165, 1.54) is 85.2 Å². The number of oxime groups is 2. The smallest absolute Gasteiger partial charge is 0.480 e. The van der Waals surface area contributed by atoms with Crippen molar-refractivity contribution in [2.75, 3.05) is 13.1 Å². The predicted molar refractivity (Wildman–Crippen MR) is 188 cm³/mol. The summed E-state index contributed by atoms with van der Waals surface area (Å²) in [6.07, 6.45) is -7.67. The lowest BCUT2D eigenvalue weighted by Crippen LogP contribution is -2.29. The molecule has 2 aromatic heterocycles. The van der Waals surface area contributed by atoms with Gasteiger partial charge in [0.25, 0.3) is 11.8 Å². The lowest BCUT2D eigenvalue weighted by atomic mass is 10.1. The van der Waals surface area contributed by atoms with Gasteiger partial charge in [0.2, 0.25) is 11.8 Å². The highest BCUT2D eigenvalue weighted by Crippen LogP contribution is 2.32. The number of carboxylic acid groups (broad SMARTS) is 2. The van der Waals surface area contributed by atoms with Gasteiger partial charge in [0.15, 0.2) is 12.2 Å². The van der Waals surface area contributed by atoms with Crippen molar-refractivity contribution in [3.8, 4) is 23.0 Å². The minimum absolute atomic E-state index is 0.00672. The SMILES string of the molecule is O=C(O)CNC(=O)c1ccc(OC2=NO[C@@H](c3ccc(OC(F)(F)F)cc3)C2)cn1.O=C(O)CNC(=O)c1ccc(OC2=NO[C@H](c3ccc(OC(F)(F)F)cc3)C2)cn1. The molecule has 2 aliphatic heterocycles. The van der Waals surface area contributed by atoms with E-state index in [1.807, 2.05) is 0 Å². The molecule has 0 saturated heterocycles. The van der Waals surface area contributed by atoms with Gasteiger partial charge in [-0.15, -0.1) is 26.3 Å². The number of hydrogen-bond donors (Lipinski definition) is 4. The number of nitrogens with zero attached hydrogens (tertiary/aromatic N) is 4. The van der Waals surface area contributed by atoms with Crippen molar-refractivity contribution < 1.29 is 84.4 Å². The number of hydrogen-bond acceptors (Lipinski definition) is 14. The summed E-state index contributed by atoms with van der Waals surface area (Å²) in [5.74, 6) is -3.41. The molecule has 18 nitrogen and oxygen atoms in total. The zero-order chi connectivity index (χ0) is 43.5. The summed E-state index contributed by atoms with van der Waals surface area (Å²) >= 11 is 0. The molecule has 0 unspecified atom stereocenters. The first-order chi connectivity index (χ1) is 28.4. The number of halogens is 6. The van der Waals surface area contributed by atoms with Gasteiger partial charge in [-0.1, -0.05) is 34.6 Å². The Hall–Kier alpha value is -7.66. The highest BCUT2D eigenvalue weighted by Gasteiger charge is 2.33. The van der Waals surface area contributed by atoms with E-state index in [2.05, 4.69) is 40.4 Å². The Balaban J connectivity index is 0.000000228. The molecule has 0 radical (unpaired) electrons. The second kappa shape index (κ2) is 19.2. The maximum absolute atomic E-state index is 12.2. The highest BCUT2D eigenvalue weighted by atomic mass is 19.4. The van der Waals surface area contributed by atoms with Crippen molar-refractivity contribution in [2.45, 2.75) is 37.8 Å². The molecule has 0 spiro atoms. The van der Waals surface area contributed by atoms with Gasteiger partial charge in [-0.2, -0.15) is 0 Å². The molecule has 2 amide bonds. The number of pyridine rings is 2. The molecule has 4 N–H and O–H groups in total. The summed E-state index contributed by atoms with van der Waals surface area (Å²) in [6.45, 7) is -1.06. The Labute approximate surface area is 332 Å². The van der Waals surface area contributed by atoms with Gasteiger partial charge in [0, 0.05) is 0 Å². The van der Waals surface area contributed by atoms with E-state index in [1.54, 1.807) is 0 Å². The number of carbonyl (C=O) groups is 4. The van der Waals surface area contributed by atoms with E-state index >= 15 is 0 Å². The number of aliphatic carboxylic acids is 2. The molecule has 0 aliphatic carbocycles. The largest absolute Gasteiger partial charge is 0.573 e. The van der Waals surface area contributed by atoms with Gasteiger partial charge >= 0.3 is 24.7 Å². The molecule has 2 atom stereocenters. The third kappa shape index (κ3) is 13.8. The molecule has 4 heterocycles. The highest BCUT2D eigenvalue weighted by molar-refractivity contribution is 5.94. The molecule has 24 heteroatoms. The van der Waals surface area contributed by atoms with Crippen LogP contribution in [0.15, 0.2) is 95.5 Å². The van der Waals surface area contributed by atoms with Gasteiger partial charge in [-0.05, 0) is 59.7 Å². The monoisotopic (exact) mass is 850 g/mol. The van der Waals surface area contributed by atoms with Crippen molar-refractivity contribution in [1.29, 1.82) is 0 Å². The average molecular weight is 851 g/mol. The van der Waals surface area contributed by atoms with E-state index in [0.717, 1.165) is 0 Å². The third-order valence-electron chi connectivity index (χ3n) is 7.46. The van der Waals surface area contributed by atoms with Gasteiger partial charge in [-0.25, -0.2) is 9.97 Å². The van der Waals surface area contributed by atoms with Crippen molar-refractivity contribution in [1.82, 2.24) is 20.6 Å². The number of amides is 2. The molecule has 6 rings (SSSR count). The lowest BCUT2D eigenvalue weighted by molar-refractivity contribution is -0.275. The zero-order valence-electron chi connectivity index (χ0n) is 30.1. The van der Waals surface area contributed by atoms with Crippen LogP contribution in [0.3, 0.4) is 0 Å². The van der Waals surface area contributed by atoms with E-state index < -0.39 is 61.8 Å². The first-order valence-electron chi connectivity index (χ1n) is 16.8. The van der Waals surface area contributed by atoms with Crippen LogP contribution in [-0.2, 0) is 19.3 Å². The first-order valence-corrected chi connectivity index (χ1v) is 16.8. The predicted octanol–water partition coefficient (Wildman–Crippen LogP) is 5.30. The second-order valence-electron chi connectivity index (χ2n) is 11.9. The fourth-order valence-electron chi connectivity index (χ4n) is 4.87. The van der Waals surface area contributed by atoms with Crippen LogP contribution < -0.4 is 29.6 Å². The normalized spacial score (nSPS) is 15.7. The number of rotatable bonds is 12. The Kier molecular flexibility index (Phi) is 13.9. The van der Waals surface area contributed by atoms with E-state index in [4.69, 9.17) is 29.4 Å². The Morgan fingerprint density at radius 3 is 1.23 bits per heavy atom. The summed E-state index contributed by atoms with van der Waals surface area (Å²) in [7, 11) is 0. The molecule has 0 fully saturated rings. The Morgan fingerprint density at radius 2 is 0.933 bits per heavy atom. The summed E-state index contributed by atoms with van der Waals surface area (Å²) in [5.41, 5.74) is 1.17. The summed E-state index contributed by atoms with van der Waals surface area (Å²) in [6, 6.07) is 16.0. The van der Waals surface area contributed by atoms with Crippen LogP contribution in [0.1, 0.15) is 57.2 Å². The van der Waals surface area contributed by atoms with Crippen LogP contribution in [0, 0.1) is 0 Å². The molecule has 2 aromatic carbocycles. The summed E-state index contributed by atoms with van der Waals surface area (Å²) in [5, 5.41) is 29.0. The molecule has 0 bridgehead atoms.